The Morgan fingerprint density at radius 2 is 2.32 bits per heavy atom. The predicted molar refractivity (Wildman–Crippen MR) is 75.4 cm³/mol. The van der Waals surface area contributed by atoms with Gasteiger partial charge in [0.05, 0.1) is 5.56 Å². The molecule has 1 aliphatic rings. The summed E-state index contributed by atoms with van der Waals surface area (Å²) in [5.41, 5.74) is 6.34. The molecular weight excluding hydrogens is 264 g/mol. The van der Waals surface area contributed by atoms with Gasteiger partial charge in [-0.05, 0) is 30.5 Å². The van der Waals surface area contributed by atoms with E-state index >= 15 is 0 Å². The number of halogens is 1. The summed E-state index contributed by atoms with van der Waals surface area (Å²) in [5, 5.41) is 10.2. The average molecular weight is 283 g/mol. The molecule has 1 aromatic rings. The summed E-state index contributed by atoms with van der Waals surface area (Å²) in [4.78, 5) is 14.1. The van der Waals surface area contributed by atoms with Crippen LogP contribution in [0.4, 0.5) is 0 Å². The quantitative estimate of drug-likeness (QED) is 0.874. The third-order valence-corrected chi connectivity index (χ3v) is 4.03. The van der Waals surface area contributed by atoms with Crippen LogP contribution in [-0.2, 0) is 0 Å². The fraction of sp³-hybridized carbons (Fsp3) is 0.500. The second kappa shape index (κ2) is 5.80. The molecule has 1 amide bonds. The van der Waals surface area contributed by atoms with Crippen molar-refractivity contribution in [3.05, 3.63) is 28.8 Å². The van der Waals surface area contributed by atoms with Gasteiger partial charge in [-0.3, -0.25) is 4.79 Å². The topological polar surface area (TPSA) is 66.6 Å². The highest BCUT2D eigenvalue weighted by molar-refractivity contribution is 6.30. The number of carbonyl (C=O) groups excluding carboxylic acids is 1. The fourth-order valence-electron chi connectivity index (χ4n) is 2.52. The molecule has 0 aromatic heterocycles. The lowest BCUT2D eigenvalue weighted by Crippen LogP contribution is -2.49. The first-order valence-corrected chi connectivity index (χ1v) is 6.94. The van der Waals surface area contributed by atoms with Crippen molar-refractivity contribution in [3.63, 3.8) is 0 Å². The monoisotopic (exact) mass is 282 g/mol. The van der Waals surface area contributed by atoms with E-state index in [0.717, 1.165) is 12.8 Å². The van der Waals surface area contributed by atoms with E-state index in [1.54, 1.807) is 17.0 Å². The first kappa shape index (κ1) is 14.2. The van der Waals surface area contributed by atoms with Crippen molar-refractivity contribution in [2.75, 3.05) is 13.1 Å². The predicted octanol–water partition coefficient (Wildman–Crippen LogP) is 2.24. The Kier molecular flexibility index (Phi) is 4.32. The van der Waals surface area contributed by atoms with Crippen molar-refractivity contribution in [2.24, 2.45) is 11.7 Å². The van der Waals surface area contributed by atoms with Gasteiger partial charge in [0.15, 0.2) is 0 Å². The second-order valence-electron chi connectivity index (χ2n) is 5.03. The van der Waals surface area contributed by atoms with E-state index < -0.39 is 0 Å². The van der Waals surface area contributed by atoms with Crippen LogP contribution in [0.15, 0.2) is 18.2 Å². The van der Waals surface area contributed by atoms with Crippen LogP contribution in [0.5, 0.6) is 5.75 Å². The first-order chi connectivity index (χ1) is 9.02. The third kappa shape index (κ3) is 3.01. The second-order valence-corrected chi connectivity index (χ2v) is 5.47. The maximum atomic E-state index is 12.4. The number of benzene rings is 1. The molecule has 0 radical (unpaired) electrons. The van der Waals surface area contributed by atoms with Gasteiger partial charge in [0, 0.05) is 24.2 Å². The number of likely N-dealkylation sites (tertiary alicyclic amines) is 1. The number of rotatable bonds is 2. The van der Waals surface area contributed by atoms with Crippen molar-refractivity contribution in [2.45, 2.75) is 25.8 Å². The number of hydrogen-bond acceptors (Lipinski definition) is 3. The molecule has 1 heterocycles. The van der Waals surface area contributed by atoms with Crippen LogP contribution in [0.1, 0.15) is 30.1 Å². The van der Waals surface area contributed by atoms with Gasteiger partial charge in [0.2, 0.25) is 0 Å². The number of hydrogen-bond donors (Lipinski definition) is 2. The highest BCUT2D eigenvalue weighted by Crippen LogP contribution is 2.26. The van der Waals surface area contributed by atoms with E-state index in [2.05, 4.69) is 6.92 Å². The summed E-state index contributed by atoms with van der Waals surface area (Å²) in [7, 11) is 0. The molecule has 2 atom stereocenters. The molecular formula is C14H19ClN2O2. The maximum absolute atomic E-state index is 12.4. The Balaban J connectivity index is 2.15. The Morgan fingerprint density at radius 3 is 2.95 bits per heavy atom. The molecule has 2 unspecified atom stereocenters. The molecule has 0 aliphatic carbocycles. The Morgan fingerprint density at radius 1 is 1.58 bits per heavy atom. The molecule has 1 aliphatic heterocycles. The van der Waals surface area contributed by atoms with E-state index in [1.165, 1.54) is 6.07 Å². The Bertz CT molecular complexity index is 479. The fourth-order valence-corrected chi connectivity index (χ4v) is 2.69. The SMILES string of the molecule is CCC1CN(C(=O)c2ccc(Cl)cc2O)CCC1N. The normalized spacial score (nSPS) is 23.4. The minimum Gasteiger partial charge on any atom is -0.507 e. The number of amides is 1. The van der Waals surface area contributed by atoms with E-state index in [0.29, 0.717) is 29.6 Å². The lowest BCUT2D eigenvalue weighted by atomic mass is 9.90. The van der Waals surface area contributed by atoms with Gasteiger partial charge in [0.25, 0.3) is 5.91 Å². The van der Waals surface area contributed by atoms with Gasteiger partial charge in [-0.15, -0.1) is 0 Å². The van der Waals surface area contributed by atoms with Crippen molar-refractivity contribution < 1.29 is 9.90 Å². The van der Waals surface area contributed by atoms with Crippen LogP contribution < -0.4 is 5.73 Å². The number of aromatic hydroxyl groups is 1. The standard InChI is InChI=1S/C14H19ClN2O2/c1-2-9-8-17(6-5-12(9)16)14(19)11-4-3-10(15)7-13(11)18/h3-4,7,9,12,18H,2,5-6,8,16H2,1H3. The summed E-state index contributed by atoms with van der Waals surface area (Å²) in [6.07, 6.45) is 1.76. The molecule has 0 bridgehead atoms. The zero-order valence-electron chi connectivity index (χ0n) is 11.0. The smallest absolute Gasteiger partial charge is 0.257 e. The number of nitrogens with zero attached hydrogens (tertiary/aromatic N) is 1. The van der Waals surface area contributed by atoms with Crippen LogP contribution in [0.25, 0.3) is 0 Å². The van der Waals surface area contributed by atoms with Crippen molar-refractivity contribution >= 4 is 17.5 Å². The average Bonchev–Trinajstić information content (AvgIpc) is 2.38. The molecule has 4 nitrogen and oxygen atoms in total. The van der Waals surface area contributed by atoms with Crippen LogP contribution in [-0.4, -0.2) is 35.0 Å². The first-order valence-electron chi connectivity index (χ1n) is 6.56. The minimum atomic E-state index is -0.153. The van der Waals surface area contributed by atoms with Crippen molar-refractivity contribution in [1.29, 1.82) is 0 Å². The molecule has 2 rings (SSSR count). The largest absolute Gasteiger partial charge is 0.507 e. The van der Waals surface area contributed by atoms with Crippen LogP contribution in [0.2, 0.25) is 5.02 Å². The lowest BCUT2D eigenvalue weighted by Gasteiger charge is -2.36. The van der Waals surface area contributed by atoms with Crippen molar-refractivity contribution in [3.8, 4) is 5.75 Å². The zero-order chi connectivity index (χ0) is 14.0. The van der Waals surface area contributed by atoms with Crippen molar-refractivity contribution in [1.82, 2.24) is 4.90 Å². The lowest BCUT2D eigenvalue weighted by molar-refractivity contribution is 0.0646. The van der Waals surface area contributed by atoms with Gasteiger partial charge in [-0.2, -0.15) is 0 Å². The highest BCUT2D eigenvalue weighted by atomic mass is 35.5. The number of phenolic OH excluding ortho intramolecular Hbond substituents is 1. The molecule has 5 heteroatoms. The molecule has 0 saturated carbocycles. The number of nitrogens with two attached hydrogens (primary N) is 1. The van der Waals surface area contributed by atoms with E-state index in [1.807, 2.05) is 0 Å². The maximum Gasteiger partial charge on any atom is 0.257 e. The van der Waals surface area contributed by atoms with E-state index in [-0.39, 0.29) is 17.7 Å². The molecule has 104 valence electrons. The van der Waals surface area contributed by atoms with Gasteiger partial charge >= 0.3 is 0 Å². The summed E-state index contributed by atoms with van der Waals surface area (Å²) >= 11 is 5.77. The van der Waals surface area contributed by atoms with E-state index in [4.69, 9.17) is 17.3 Å². The van der Waals surface area contributed by atoms with Gasteiger partial charge < -0.3 is 15.7 Å². The molecule has 1 fully saturated rings. The molecule has 1 aromatic carbocycles. The number of phenols is 1. The highest BCUT2D eigenvalue weighted by Gasteiger charge is 2.29. The minimum absolute atomic E-state index is 0.0691. The Labute approximate surface area is 118 Å². The van der Waals surface area contributed by atoms with Crippen LogP contribution in [0, 0.1) is 5.92 Å². The van der Waals surface area contributed by atoms with Gasteiger partial charge in [0.1, 0.15) is 5.75 Å². The van der Waals surface area contributed by atoms with E-state index in [9.17, 15) is 9.90 Å². The van der Waals surface area contributed by atoms with Gasteiger partial charge in [-0.1, -0.05) is 24.9 Å². The summed E-state index contributed by atoms with van der Waals surface area (Å²) in [6, 6.07) is 4.73. The summed E-state index contributed by atoms with van der Waals surface area (Å²) < 4.78 is 0. The molecule has 3 N–H and O–H groups in total. The molecule has 19 heavy (non-hydrogen) atoms. The summed E-state index contributed by atoms with van der Waals surface area (Å²) in [5.74, 6) is 0.104. The van der Waals surface area contributed by atoms with Gasteiger partial charge in [-0.25, -0.2) is 0 Å². The van der Waals surface area contributed by atoms with Crippen LogP contribution >= 0.6 is 11.6 Å². The number of piperidine rings is 1. The molecule has 1 saturated heterocycles. The number of carbonyl (C=O) groups is 1. The zero-order valence-corrected chi connectivity index (χ0v) is 11.7. The Hall–Kier alpha value is -1.26. The molecule has 0 spiro atoms. The van der Waals surface area contributed by atoms with Crippen LogP contribution in [0.3, 0.4) is 0 Å². The third-order valence-electron chi connectivity index (χ3n) is 3.79. The summed E-state index contributed by atoms with van der Waals surface area (Å²) in [6.45, 7) is 3.37.